The molecule has 1 aliphatic rings. The largest absolute Gasteiger partial charge is 0.299 e. The third-order valence-corrected chi connectivity index (χ3v) is 4.90. The van der Waals surface area contributed by atoms with Crippen LogP contribution in [0.3, 0.4) is 0 Å². The van der Waals surface area contributed by atoms with E-state index in [1.54, 1.807) is 0 Å². The molecule has 0 saturated carbocycles. The van der Waals surface area contributed by atoms with Crippen LogP contribution in [-0.2, 0) is 6.54 Å². The first-order valence-electron chi connectivity index (χ1n) is 8.60. The molecule has 4 heteroatoms. The molecule has 0 spiro atoms. The van der Waals surface area contributed by atoms with E-state index in [4.69, 9.17) is 0 Å². The van der Waals surface area contributed by atoms with Gasteiger partial charge in [-0.2, -0.15) is 5.10 Å². The molecule has 1 N–H and O–H groups in total. The first-order chi connectivity index (χ1) is 11.9. The van der Waals surface area contributed by atoms with E-state index in [9.17, 15) is 0 Å². The van der Waals surface area contributed by atoms with Gasteiger partial charge in [0.1, 0.15) is 0 Å². The second-order valence-electron chi connectivity index (χ2n) is 6.47. The Morgan fingerprint density at radius 2 is 1.75 bits per heavy atom. The second kappa shape index (κ2) is 6.97. The molecule has 4 nitrogen and oxygen atoms in total. The van der Waals surface area contributed by atoms with Gasteiger partial charge in [0.15, 0.2) is 0 Å². The molecule has 3 heterocycles. The number of aromatic nitrogens is 3. The van der Waals surface area contributed by atoms with Crippen molar-refractivity contribution in [3.63, 3.8) is 0 Å². The van der Waals surface area contributed by atoms with Crippen molar-refractivity contribution in [3.8, 4) is 11.1 Å². The predicted molar refractivity (Wildman–Crippen MR) is 95.5 cm³/mol. The molecule has 0 amide bonds. The monoisotopic (exact) mass is 318 g/mol. The number of nitrogens with zero attached hydrogens (tertiary/aromatic N) is 3. The van der Waals surface area contributed by atoms with Crippen LogP contribution in [0.4, 0.5) is 0 Å². The highest BCUT2D eigenvalue weighted by atomic mass is 15.1. The van der Waals surface area contributed by atoms with Crippen LogP contribution >= 0.6 is 0 Å². The molecule has 1 aliphatic heterocycles. The van der Waals surface area contributed by atoms with Gasteiger partial charge in [-0.1, -0.05) is 30.3 Å². The minimum atomic E-state index is 0.566. The number of pyridine rings is 1. The maximum atomic E-state index is 4.31. The molecular weight excluding hydrogens is 296 g/mol. The number of likely N-dealkylation sites (tertiary alicyclic amines) is 1. The molecule has 1 fully saturated rings. The number of aromatic amines is 1. The van der Waals surface area contributed by atoms with Crippen LogP contribution in [0.2, 0.25) is 0 Å². The van der Waals surface area contributed by atoms with Crippen LogP contribution < -0.4 is 0 Å². The van der Waals surface area contributed by atoms with Gasteiger partial charge >= 0.3 is 0 Å². The Balaban J connectivity index is 1.43. The van der Waals surface area contributed by atoms with Gasteiger partial charge < -0.3 is 0 Å². The molecule has 4 rings (SSSR count). The molecule has 1 aromatic carbocycles. The standard InChI is InChI=1S/C20H22N4/c1-2-4-17(5-3-1)19-14-22-23-20(19)18-8-12-24(13-9-18)15-16-6-10-21-11-7-16/h1-7,10-11,14,18H,8-9,12-13,15H2,(H,22,23). The molecule has 0 aliphatic carbocycles. The number of rotatable bonds is 4. The third kappa shape index (κ3) is 3.24. The molecule has 1 saturated heterocycles. The van der Waals surface area contributed by atoms with Gasteiger partial charge in [0.05, 0.1) is 6.20 Å². The molecular formula is C20H22N4. The first-order valence-corrected chi connectivity index (χ1v) is 8.60. The zero-order valence-electron chi connectivity index (χ0n) is 13.7. The van der Waals surface area contributed by atoms with Gasteiger partial charge in [-0.25, -0.2) is 0 Å². The number of piperidine rings is 1. The van der Waals surface area contributed by atoms with Crippen LogP contribution in [0, 0.1) is 0 Å². The molecule has 0 atom stereocenters. The Morgan fingerprint density at radius 3 is 2.50 bits per heavy atom. The lowest BCUT2D eigenvalue weighted by molar-refractivity contribution is 0.203. The van der Waals surface area contributed by atoms with Crippen LogP contribution in [0.25, 0.3) is 11.1 Å². The Labute approximate surface area is 142 Å². The Hall–Kier alpha value is -2.46. The summed E-state index contributed by atoms with van der Waals surface area (Å²) in [4.78, 5) is 6.63. The van der Waals surface area contributed by atoms with Gasteiger partial charge in [-0.15, -0.1) is 0 Å². The van der Waals surface area contributed by atoms with E-state index in [-0.39, 0.29) is 0 Å². The van der Waals surface area contributed by atoms with E-state index in [0.717, 1.165) is 19.6 Å². The summed E-state index contributed by atoms with van der Waals surface area (Å²) in [6.07, 6.45) is 8.06. The summed E-state index contributed by atoms with van der Waals surface area (Å²) in [6, 6.07) is 14.8. The van der Waals surface area contributed by atoms with Crippen molar-refractivity contribution in [2.24, 2.45) is 0 Å². The van der Waals surface area contributed by atoms with Crippen LogP contribution in [0.1, 0.15) is 30.0 Å². The summed E-state index contributed by atoms with van der Waals surface area (Å²) in [5, 5.41) is 7.58. The third-order valence-electron chi connectivity index (χ3n) is 4.90. The fraction of sp³-hybridized carbons (Fsp3) is 0.300. The fourth-order valence-electron chi connectivity index (χ4n) is 3.58. The summed E-state index contributed by atoms with van der Waals surface area (Å²) >= 11 is 0. The van der Waals surface area contributed by atoms with Crippen molar-refractivity contribution < 1.29 is 0 Å². The number of H-pyrrole nitrogens is 1. The summed E-state index contributed by atoms with van der Waals surface area (Å²) < 4.78 is 0. The second-order valence-corrected chi connectivity index (χ2v) is 6.47. The zero-order valence-corrected chi connectivity index (χ0v) is 13.7. The van der Waals surface area contributed by atoms with Crippen LogP contribution in [0.5, 0.6) is 0 Å². The highest BCUT2D eigenvalue weighted by Crippen LogP contribution is 2.33. The Bertz CT molecular complexity index is 759. The predicted octanol–water partition coefficient (Wildman–Crippen LogP) is 3.85. The van der Waals surface area contributed by atoms with Gasteiger partial charge in [-0.05, 0) is 49.2 Å². The summed E-state index contributed by atoms with van der Waals surface area (Å²) in [5.74, 6) is 0.566. The minimum absolute atomic E-state index is 0.566. The molecule has 0 bridgehead atoms. The van der Waals surface area contributed by atoms with Gasteiger partial charge in [0.25, 0.3) is 0 Å². The normalized spacial score (nSPS) is 16.3. The summed E-state index contributed by atoms with van der Waals surface area (Å²) in [6.45, 7) is 3.27. The van der Waals surface area contributed by atoms with Crippen LogP contribution in [-0.4, -0.2) is 33.2 Å². The van der Waals surface area contributed by atoms with Gasteiger partial charge in [0.2, 0.25) is 0 Å². The molecule has 0 radical (unpaired) electrons. The lowest BCUT2D eigenvalue weighted by atomic mass is 9.89. The lowest BCUT2D eigenvalue weighted by Crippen LogP contribution is -2.32. The van der Waals surface area contributed by atoms with Gasteiger partial charge in [0, 0.05) is 36.1 Å². The molecule has 122 valence electrons. The number of hydrogen-bond donors (Lipinski definition) is 1. The average Bonchev–Trinajstić information content (AvgIpc) is 3.14. The molecule has 24 heavy (non-hydrogen) atoms. The Morgan fingerprint density at radius 1 is 1.00 bits per heavy atom. The highest BCUT2D eigenvalue weighted by molar-refractivity contribution is 5.65. The topological polar surface area (TPSA) is 44.8 Å². The van der Waals surface area contributed by atoms with E-state index in [1.165, 1.54) is 35.2 Å². The summed E-state index contributed by atoms with van der Waals surface area (Å²) in [5.41, 5.74) is 5.14. The molecule has 3 aromatic rings. The zero-order chi connectivity index (χ0) is 16.2. The summed E-state index contributed by atoms with van der Waals surface area (Å²) in [7, 11) is 0. The smallest absolute Gasteiger partial charge is 0.0568 e. The maximum Gasteiger partial charge on any atom is 0.0568 e. The highest BCUT2D eigenvalue weighted by Gasteiger charge is 2.24. The Kier molecular flexibility index (Phi) is 4.38. The molecule has 2 aromatic heterocycles. The van der Waals surface area contributed by atoms with E-state index < -0.39 is 0 Å². The first kappa shape index (κ1) is 15.1. The number of benzene rings is 1. The maximum absolute atomic E-state index is 4.31. The molecule has 0 unspecified atom stereocenters. The van der Waals surface area contributed by atoms with Crippen molar-refractivity contribution in [1.82, 2.24) is 20.1 Å². The minimum Gasteiger partial charge on any atom is -0.299 e. The van der Waals surface area contributed by atoms with Crippen molar-refractivity contribution >= 4 is 0 Å². The van der Waals surface area contributed by atoms with Crippen LogP contribution in [0.15, 0.2) is 61.1 Å². The SMILES string of the molecule is c1ccc(-c2cn[nH]c2C2CCN(Cc3ccncc3)CC2)cc1. The van der Waals surface area contributed by atoms with E-state index in [2.05, 4.69) is 62.5 Å². The van der Waals surface area contributed by atoms with Crippen molar-refractivity contribution in [1.29, 1.82) is 0 Å². The lowest BCUT2D eigenvalue weighted by Gasteiger charge is -2.31. The van der Waals surface area contributed by atoms with E-state index in [0.29, 0.717) is 5.92 Å². The van der Waals surface area contributed by atoms with Crippen molar-refractivity contribution in [2.75, 3.05) is 13.1 Å². The van der Waals surface area contributed by atoms with E-state index in [1.807, 2.05) is 18.6 Å². The number of nitrogens with one attached hydrogen (secondary N) is 1. The van der Waals surface area contributed by atoms with Crippen molar-refractivity contribution in [2.45, 2.75) is 25.3 Å². The quantitative estimate of drug-likeness (QED) is 0.794. The number of hydrogen-bond acceptors (Lipinski definition) is 3. The van der Waals surface area contributed by atoms with Gasteiger partial charge in [-0.3, -0.25) is 15.0 Å². The average molecular weight is 318 g/mol. The van der Waals surface area contributed by atoms with E-state index >= 15 is 0 Å². The van der Waals surface area contributed by atoms with Crippen molar-refractivity contribution in [3.05, 3.63) is 72.3 Å². The fourth-order valence-corrected chi connectivity index (χ4v) is 3.58.